The lowest BCUT2D eigenvalue weighted by Gasteiger charge is -1.92. The molecule has 0 aromatic heterocycles. The van der Waals surface area contributed by atoms with E-state index < -0.39 is 0 Å². The third kappa shape index (κ3) is 9.04. The maximum Gasteiger partial charge on any atom is 0.330 e. The van der Waals surface area contributed by atoms with E-state index in [1.165, 1.54) is 25.3 Å². The lowest BCUT2D eigenvalue weighted by molar-refractivity contribution is -0.137. The molecule has 0 bridgehead atoms. The normalized spacial score (nSPS) is 11.3. The van der Waals surface area contributed by atoms with Gasteiger partial charge in [0.1, 0.15) is 0 Å². The summed E-state index contributed by atoms with van der Waals surface area (Å²) in [6.07, 6.45) is 12.0. The number of carbonyl (C=O) groups is 1. The molecule has 2 nitrogen and oxygen atoms in total. The van der Waals surface area contributed by atoms with E-state index in [1.54, 1.807) is 13.0 Å². The molecule has 0 amide bonds. The summed E-state index contributed by atoms with van der Waals surface area (Å²) < 4.78 is 4.73. The quantitative estimate of drug-likeness (QED) is 0.270. The Balaban J connectivity index is 3.45. The van der Waals surface area contributed by atoms with Crippen LogP contribution in [0.4, 0.5) is 0 Å². The van der Waals surface area contributed by atoms with Crippen LogP contribution < -0.4 is 0 Å². The van der Waals surface area contributed by atoms with Crippen molar-refractivity contribution in [2.75, 3.05) is 6.61 Å². The predicted octanol–water partition coefficient (Wildman–Crippen LogP) is 3.24. The van der Waals surface area contributed by atoms with Crippen LogP contribution >= 0.6 is 0 Å². The second kappa shape index (κ2) is 10.0. The van der Waals surface area contributed by atoms with Gasteiger partial charge in [-0.3, -0.25) is 0 Å². The minimum atomic E-state index is -0.272. The van der Waals surface area contributed by atoms with Crippen molar-refractivity contribution in [1.82, 2.24) is 0 Å². The summed E-state index contributed by atoms with van der Waals surface area (Å²) in [4.78, 5) is 10.8. The van der Waals surface area contributed by atoms with E-state index in [1.807, 2.05) is 6.08 Å². The molecule has 0 unspecified atom stereocenters. The molecule has 0 rings (SSSR count). The van der Waals surface area contributed by atoms with Gasteiger partial charge in [-0.15, -0.1) is 0 Å². The first-order chi connectivity index (χ1) is 6.81. The van der Waals surface area contributed by atoms with E-state index in [0.29, 0.717) is 6.61 Å². The van der Waals surface area contributed by atoms with Crippen molar-refractivity contribution < 1.29 is 9.53 Å². The van der Waals surface area contributed by atoms with Crippen LogP contribution in [0.1, 0.15) is 39.5 Å². The zero-order valence-electron chi connectivity index (χ0n) is 9.16. The molecule has 0 fully saturated rings. The first kappa shape index (κ1) is 12.9. The Labute approximate surface area is 86.6 Å². The molecule has 0 aliphatic heterocycles. The van der Waals surface area contributed by atoms with Crippen LogP contribution in [0.25, 0.3) is 0 Å². The third-order valence-corrected chi connectivity index (χ3v) is 1.74. The first-order valence-corrected chi connectivity index (χ1v) is 5.31. The molecule has 14 heavy (non-hydrogen) atoms. The van der Waals surface area contributed by atoms with E-state index >= 15 is 0 Å². The van der Waals surface area contributed by atoms with Gasteiger partial charge >= 0.3 is 5.97 Å². The molecular formula is C12H20O2. The summed E-state index contributed by atoms with van der Waals surface area (Å²) in [7, 11) is 0. The monoisotopic (exact) mass is 196 g/mol. The summed E-state index contributed by atoms with van der Waals surface area (Å²) >= 11 is 0. The van der Waals surface area contributed by atoms with Gasteiger partial charge < -0.3 is 4.74 Å². The molecule has 0 aliphatic rings. The average Bonchev–Trinajstić information content (AvgIpc) is 2.17. The van der Waals surface area contributed by atoms with E-state index in [2.05, 4.69) is 13.0 Å². The van der Waals surface area contributed by atoms with Gasteiger partial charge in [-0.2, -0.15) is 0 Å². The SMILES string of the molecule is CCCCC/C=C\C=CC(=O)OCC. The van der Waals surface area contributed by atoms with Crippen molar-refractivity contribution in [2.45, 2.75) is 39.5 Å². The number of rotatable bonds is 7. The van der Waals surface area contributed by atoms with E-state index in [4.69, 9.17) is 4.74 Å². The van der Waals surface area contributed by atoms with Crippen molar-refractivity contribution in [3.05, 3.63) is 24.3 Å². The molecule has 0 aliphatic carbocycles. The maximum absolute atomic E-state index is 10.8. The van der Waals surface area contributed by atoms with Crippen molar-refractivity contribution in [3.8, 4) is 0 Å². The number of unbranched alkanes of at least 4 members (excludes halogenated alkanes) is 3. The van der Waals surface area contributed by atoms with E-state index in [9.17, 15) is 4.79 Å². The van der Waals surface area contributed by atoms with Crippen LogP contribution in [-0.2, 0) is 9.53 Å². The van der Waals surface area contributed by atoms with Gasteiger partial charge in [-0.05, 0) is 19.8 Å². The Hall–Kier alpha value is -1.05. The highest BCUT2D eigenvalue weighted by Crippen LogP contribution is 1.99. The van der Waals surface area contributed by atoms with Crippen molar-refractivity contribution in [1.29, 1.82) is 0 Å². The van der Waals surface area contributed by atoms with Gasteiger partial charge in [0.2, 0.25) is 0 Å². The summed E-state index contributed by atoms with van der Waals surface area (Å²) in [5, 5.41) is 0. The summed E-state index contributed by atoms with van der Waals surface area (Å²) in [6, 6.07) is 0. The first-order valence-electron chi connectivity index (χ1n) is 5.31. The van der Waals surface area contributed by atoms with Gasteiger partial charge in [0.25, 0.3) is 0 Å². The Kier molecular flexibility index (Phi) is 9.28. The van der Waals surface area contributed by atoms with Crippen LogP contribution in [0.3, 0.4) is 0 Å². The molecule has 80 valence electrons. The van der Waals surface area contributed by atoms with Crippen LogP contribution in [0, 0.1) is 0 Å². The number of hydrogen-bond acceptors (Lipinski definition) is 2. The molecule has 0 spiro atoms. The van der Waals surface area contributed by atoms with Crippen LogP contribution in [0.15, 0.2) is 24.3 Å². The minimum absolute atomic E-state index is 0.272. The number of esters is 1. The van der Waals surface area contributed by atoms with Gasteiger partial charge in [-0.25, -0.2) is 4.79 Å². The van der Waals surface area contributed by atoms with Crippen molar-refractivity contribution in [3.63, 3.8) is 0 Å². The van der Waals surface area contributed by atoms with E-state index in [0.717, 1.165) is 6.42 Å². The zero-order chi connectivity index (χ0) is 10.6. The lowest BCUT2D eigenvalue weighted by atomic mass is 10.2. The standard InChI is InChI=1S/C12H20O2/c1-3-5-6-7-8-9-10-11-12(13)14-4-2/h8-11H,3-7H2,1-2H3/b9-8-,11-10?. The second-order valence-electron chi connectivity index (χ2n) is 3.04. The highest BCUT2D eigenvalue weighted by molar-refractivity contribution is 5.82. The molecule has 0 atom stereocenters. The molecule has 0 aromatic carbocycles. The average molecular weight is 196 g/mol. The van der Waals surface area contributed by atoms with E-state index in [-0.39, 0.29) is 5.97 Å². The zero-order valence-corrected chi connectivity index (χ0v) is 9.16. The van der Waals surface area contributed by atoms with Gasteiger partial charge in [0.05, 0.1) is 6.61 Å². The van der Waals surface area contributed by atoms with Crippen LogP contribution in [0.2, 0.25) is 0 Å². The highest BCUT2D eigenvalue weighted by atomic mass is 16.5. The molecule has 0 aromatic rings. The molecule has 0 N–H and O–H groups in total. The minimum Gasteiger partial charge on any atom is -0.463 e. The predicted molar refractivity (Wildman–Crippen MR) is 59.1 cm³/mol. The van der Waals surface area contributed by atoms with Gasteiger partial charge in [-0.1, -0.05) is 38.0 Å². The Bertz CT molecular complexity index is 192. The van der Waals surface area contributed by atoms with Gasteiger partial charge in [0, 0.05) is 6.08 Å². The maximum atomic E-state index is 10.8. The smallest absolute Gasteiger partial charge is 0.330 e. The Morgan fingerprint density at radius 3 is 2.64 bits per heavy atom. The summed E-state index contributed by atoms with van der Waals surface area (Å²) in [5.74, 6) is -0.272. The fourth-order valence-corrected chi connectivity index (χ4v) is 1.01. The molecule has 0 saturated heterocycles. The largest absolute Gasteiger partial charge is 0.463 e. The summed E-state index contributed by atoms with van der Waals surface area (Å²) in [5.41, 5.74) is 0. The lowest BCUT2D eigenvalue weighted by Crippen LogP contribution is -1.98. The summed E-state index contributed by atoms with van der Waals surface area (Å²) in [6.45, 7) is 4.42. The Morgan fingerprint density at radius 2 is 2.00 bits per heavy atom. The second-order valence-corrected chi connectivity index (χ2v) is 3.04. The third-order valence-electron chi connectivity index (χ3n) is 1.74. The van der Waals surface area contributed by atoms with Crippen LogP contribution in [0.5, 0.6) is 0 Å². The topological polar surface area (TPSA) is 26.3 Å². The molecule has 0 radical (unpaired) electrons. The number of ether oxygens (including phenoxy) is 1. The highest BCUT2D eigenvalue weighted by Gasteiger charge is 1.89. The fourth-order valence-electron chi connectivity index (χ4n) is 1.01. The van der Waals surface area contributed by atoms with Crippen molar-refractivity contribution in [2.24, 2.45) is 0 Å². The molecule has 0 heterocycles. The number of hydrogen-bond donors (Lipinski definition) is 0. The fraction of sp³-hybridized carbons (Fsp3) is 0.583. The molecule has 2 heteroatoms. The van der Waals surface area contributed by atoms with Crippen LogP contribution in [-0.4, -0.2) is 12.6 Å². The van der Waals surface area contributed by atoms with Gasteiger partial charge in [0.15, 0.2) is 0 Å². The number of allylic oxidation sites excluding steroid dienone is 3. The molecular weight excluding hydrogens is 176 g/mol. The molecule has 0 saturated carbocycles. The Morgan fingerprint density at radius 1 is 1.21 bits per heavy atom. The number of carbonyl (C=O) groups excluding carboxylic acids is 1. The van der Waals surface area contributed by atoms with Crippen molar-refractivity contribution >= 4 is 5.97 Å².